The molecular weight excluding hydrogens is 378 g/mol. The summed E-state index contributed by atoms with van der Waals surface area (Å²) in [6.45, 7) is 4.84. The van der Waals surface area contributed by atoms with Crippen LogP contribution >= 0.6 is 0 Å². The van der Waals surface area contributed by atoms with E-state index in [-0.39, 0.29) is 24.2 Å². The molecule has 7 heteroatoms. The molecule has 4 rings (SSSR count). The number of carbonyl (C=O) groups excluding carboxylic acids is 2. The van der Waals surface area contributed by atoms with Crippen molar-refractivity contribution in [3.63, 3.8) is 0 Å². The molecule has 1 N–H and O–H groups in total. The van der Waals surface area contributed by atoms with Crippen LogP contribution in [0.3, 0.4) is 0 Å². The summed E-state index contributed by atoms with van der Waals surface area (Å²) >= 11 is 0. The minimum absolute atomic E-state index is 0.0155. The molecule has 0 saturated carbocycles. The fraction of sp³-hybridized carbons (Fsp3) is 0.304. The number of carbonyl (C=O) groups is 2. The highest BCUT2D eigenvalue weighted by Crippen LogP contribution is 2.27. The highest BCUT2D eigenvalue weighted by Gasteiger charge is 2.35. The van der Waals surface area contributed by atoms with Crippen LogP contribution in [0, 0.1) is 19.8 Å². The van der Waals surface area contributed by atoms with Gasteiger partial charge >= 0.3 is 0 Å². The van der Waals surface area contributed by atoms with E-state index in [2.05, 4.69) is 15.4 Å². The normalized spacial score (nSPS) is 16.2. The maximum absolute atomic E-state index is 12.7. The highest BCUT2D eigenvalue weighted by atomic mass is 16.2. The quantitative estimate of drug-likeness (QED) is 0.710. The Morgan fingerprint density at radius 1 is 1.17 bits per heavy atom. The van der Waals surface area contributed by atoms with Crippen LogP contribution in [-0.4, -0.2) is 33.1 Å². The SMILES string of the molecule is Cc1ccc(N2C[C@@H](C(=O)NCc3cncc(-c4ccnn4C)c3)CC2=O)cc1C. The molecule has 7 nitrogen and oxygen atoms in total. The molecule has 1 saturated heterocycles. The van der Waals surface area contributed by atoms with E-state index in [9.17, 15) is 9.59 Å². The molecule has 154 valence electrons. The Balaban J connectivity index is 1.40. The van der Waals surface area contributed by atoms with E-state index in [1.807, 2.05) is 51.2 Å². The van der Waals surface area contributed by atoms with Gasteiger partial charge in [0.2, 0.25) is 11.8 Å². The van der Waals surface area contributed by atoms with Crippen molar-refractivity contribution in [1.82, 2.24) is 20.1 Å². The van der Waals surface area contributed by atoms with E-state index in [1.165, 1.54) is 5.56 Å². The molecule has 2 amide bonds. The molecule has 3 heterocycles. The molecule has 1 atom stereocenters. The molecule has 1 aromatic carbocycles. The van der Waals surface area contributed by atoms with Crippen LogP contribution in [0.2, 0.25) is 0 Å². The van der Waals surface area contributed by atoms with Gasteiger partial charge in [-0.1, -0.05) is 6.07 Å². The number of aromatic nitrogens is 3. The van der Waals surface area contributed by atoms with Crippen LogP contribution in [0.1, 0.15) is 23.1 Å². The zero-order chi connectivity index (χ0) is 21.3. The van der Waals surface area contributed by atoms with Gasteiger partial charge in [0.05, 0.1) is 11.6 Å². The Kier molecular flexibility index (Phi) is 5.35. The van der Waals surface area contributed by atoms with E-state index in [4.69, 9.17) is 0 Å². The number of hydrogen-bond donors (Lipinski definition) is 1. The van der Waals surface area contributed by atoms with Crippen LogP contribution in [0.4, 0.5) is 5.69 Å². The molecule has 1 aliphatic heterocycles. The molecule has 1 aliphatic rings. The monoisotopic (exact) mass is 403 g/mol. The topological polar surface area (TPSA) is 80.1 Å². The number of hydrogen-bond acceptors (Lipinski definition) is 4. The Morgan fingerprint density at radius 3 is 2.73 bits per heavy atom. The van der Waals surface area contributed by atoms with Gasteiger partial charge in [-0.15, -0.1) is 0 Å². The van der Waals surface area contributed by atoms with Crippen LogP contribution in [0.25, 0.3) is 11.3 Å². The number of amides is 2. The average molecular weight is 403 g/mol. The third-order valence-electron chi connectivity index (χ3n) is 5.68. The van der Waals surface area contributed by atoms with Gasteiger partial charge < -0.3 is 10.2 Å². The lowest BCUT2D eigenvalue weighted by Gasteiger charge is -2.18. The van der Waals surface area contributed by atoms with Crippen LogP contribution in [0.15, 0.2) is 48.9 Å². The summed E-state index contributed by atoms with van der Waals surface area (Å²) in [6.07, 6.45) is 5.48. The number of anilines is 1. The summed E-state index contributed by atoms with van der Waals surface area (Å²) in [4.78, 5) is 31.2. The average Bonchev–Trinajstić information content (AvgIpc) is 3.34. The second kappa shape index (κ2) is 8.10. The van der Waals surface area contributed by atoms with Gasteiger partial charge in [0, 0.05) is 56.4 Å². The molecule has 3 aromatic rings. The smallest absolute Gasteiger partial charge is 0.227 e. The van der Waals surface area contributed by atoms with Gasteiger partial charge in [-0.3, -0.25) is 19.3 Å². The van der Waals surface area contributed by atoms with Gasteiger partial charge in [0.1, 0.15) is 0 Å². The van der Waals surface area contributed by atoms with Crippen molar-refractivity contribution < 1.29 is 9.59 Å². The highest BCUT2D eigenvalue weighted by molar-refractivity contribution is 6.00. The Hall–Kier alpha value is -3.48. The molecule has 1 fully saturated rings. The fourth-order valence-electron chi connectivity index (χ4n) is 3.74. The van der Waals surface area contributed by atoms with Crippen LogP contribution in [-0.2, 0) is 23.2 Å². The summed E-state index contributed by atoms with van der Waals surface area (Å²) in [5, 5.41) is 7.14. The number of nitrogens with one attached hydrogen (secondary N) is 1. The molecule has 0 unspecified atom stereocenters. The third-order valence-corrected chi connectivity index (χ3v) is 5.68. The number of aryl methyl sites for hydroxylation is 3. The van der Waals surface area contributed by atoms with Crippen molar-refractivity contribution in [2.75, 3.05) is 11.4 Å². The summed E-state index contributed by atoms with van der Waals surface area (Å²) in [6, 6.07) is 9.86. The first-order chi connectivity index (χ1) is 14.4. The van der Waals surface area contributed by atoms with Crippen molar-refractivity contribution in [2.45, 2.75) is 26.8 Å². The zero-order valence-electron chi connectivity index (χ0n) is 17.4. The minimum Gasteiger partial charge on any atom is -0.352 e. The van der Waals surface area contributed by atoms with Gasteiger partial charge in [0.15, 0.2) is 0 Å². The third kappa shape index (κ3) is 3.96. The van der Waals surface area contributed by atoms with Gasteiger partial charge in [-0.05, 0) is 54.8 Å². The summed E-state index contributed by atoms with van der Waals surface area (Å²) in [7, 11) is 1.88. The van der Waals surface area contributed by atoms with E-state index < -0.39 is 0 Å². The second-order valence-corrected chi connectivity index (χ2v) is 7.81. The molecule has 0 radical (unpaired) electrons. The van der Waals surface area contributed by atoms with Gasteiger partial charge in [0.25, 0.3) is 0 Å². The van der Waals surface area contributed by atoms with Crippen molar-refractivity contribution in [3.05, 3.63) is 65.6 Å². The van der Waals surface area contributed by atoms with Gasteiger partial charge in [-0.25, -0.2) is 0 Å². The fourth-order valence-corrected chi connectivity index (χ4v) is 3.74. The minimum atomic E-state index is -0.354. The molecule has 0 aliphatic carbocycles. The van der Waals surface area contributed by atoms with Crippen molar-refractivity contribution >= 4 is 17.5 Å². The van der Waals surface area contributed by atoms with E-state index >= 15 is 0 Å². The number of benzene rings is 1. The second-order valence-electron chi connectivity index (χ2n) is 7.81. The predicted octanol–water partition coefficient (Wildman–Crippen LogP) is 2.77. The first kappa shape index (κ1) is 19.8. The molecule has 0 spiro atoms. The van der Waals surface area contributed by atoms with Crippen molar-refractivity contribution in [1.29, 1.82) is 0 Å². The largest absolute Gasteiger partial charge is 0.352 e. The van der Waals surface area contributed by atoms with Crippen molar-refractivity contribution in [2.24, 2.45) is 13.0 Å². The molecule has 30 heavy (non-hydrogen) atoms. The molecular formula is C23H25N5O2. The molecule has 0 bridgehead atoms. The Morgan fingerprint density at radius 2 is 2.00 bits per heavy atom. The number of nitrogens with zero attached hydrogens (tertiary/aromatic N) is 4. The number of rotatable bonds is 5. The van der Waals surface area contributed by atoms with E-state index in [0.717, 1.165) is 28.1 Å². The standard InChI is InChI=1S/C23H25N5O2/c1-15-4-5-20(8-16(15)2)28-14-19(10-22(28)29)23(30)25-12-17-9-18(13-24-11-17)21-6-7-26-27(21)3/h4-9,11,13,19H,10,12,14H2,1-3H3,(H,25,30)/t19-/m0/s1. The first-order valence-electron chi connectivity index (χ1n) is 10.00. The first-order valence-corrected chi connectivity index (χ1v) is 10.00. The maximum atomic E-state index is 12.7. The number of pyridine rings is 1. The lowest BCUT2D eigenvalue weighted by atomic mass is 10.1. The zero-order valence-corrected chi connectivity index (χ0v) is 17.4. The van der Waals surface area contributed by atoms with E-state index in [0.29, 0.717) is 13.1 Å². The molecule has 2 aromatic heterocycles. The van der Waals surface area contributed by atoms with Crippen molar-refractivity contribution in [3.8, 4) is 11.3 Å². The Bertz CT molecular complexity index is 1100. The summed E-state index contributed by atoms with van der Waals surface area (Å²) in [5.41, 5.74) is 5.97. The van der Waals surface area contributed by atoms with E-state index in [1.54, 1.807) is 28.2 Å². The lowest BCUT2D eigenvalue weighted by Crippen LogP contribution is -2.32. The predicted molar refractivity (Wildman–Crippen MR) is 115 cm³/mol. The van der Waals surface area contributed by atoms with Gasteiger partial charge in [-0.2, -0.15) is 5.10 Å². The van der Waals surface area contributed by atoms with Crippen LogP contribution < -0.4 is 10.2 Å². The van der Waals surface area contributed by atoms with Crippen LogP contribution in [0.5, 0.6) is 0 Å². The maximum Gasteiger partial charge on any atom is 0.227 e. The Labute approximate surface area is 175 Å². The summed E-state index contributed by atoms with van der Waals surface area (Å²) < 4.78 is 1.78. The summed E-state index contributed by atoms with van der Waals surface area (Å²) in [5.74, 6) is -0.480. The lowest BCUT2D eigenvalue weighted by molar-refractivity contribution is -0.126.